The first-order chi connectivity index (χ1) is 7.80. The Morgan fingerprint density at radius 3 is 2.31 bits per heavy atom. The van der Waals surface area contributed by atoms with E-state index in [9.17, 15) is 0 Å². The Kier molecular flexibility index (Phi) is 4.22. The molecule has 0 aromatic rings. The van der Waals surface area contributed by atoms with Crippen LogP contribution in [0.25, 0.3) is 0 Å². The van der Waals surface area contributed by atoms with Gasteiger partial charge in [-0.1, -0.05) is 6.42 Å². The standard InChI is InChI=1S/C13H26N2O/c1-16-12-5-7-13(11-14,8-6-12)15-9-3-2-4-10-15/h12H,2-11,14H2,1H3. The van der Waals surface area contributed by atoms with Crippen LogP contribution in [0.1, 0.15) is 44.9 Å². The number of nitrogens with two attached hydrogens (primary N) is 1. The van der Waals surface area contributed by atoms with Crippen molar-refractivity contribution in [1.29, 1.82) is 0 Å². The van der Waals surface area contributed by atoms with Gasteiger partial charge in [-0.25, -0.2) is 0 Å². The lowest BCUT2D eigenvalue weighted by Crippen LogP contribution is -2.57. The molecule has 2 fully saturated rings. The molecule has 1 aliphatic carbocycles. The van der Waals surface area contributed by atoms with E-state index < -0.39 is 0 Å². The zero-order valence-corrected chi connectivity index (χ0v) is 10.6. The largest absolute Gasteiger partial charge is 0.381 e. The van der Waals surface area contributed by atoms with Crippen LogP contribution in [0.2, 0.25) is 0 Å². The van der Waals surface area contributed by atoms with Gasteiger partial charge in [-0.3, -0.25) is 4.90 Å². The van der Waals surface area contributed by atoms with Gasteiger partial charge in [0.05, 0.1) is 6.10 Å². The van der Waals surface area contributed by atoms with Crippen molar-refractivity contribution in [2.24, 2.45) is 5.73 Å². The van der Waals surface area contributed by atoms with Crippen LogP contribution in [-0.2, 0) is 4.74 Å². The number of rotatable bonds is 3. The van der Waals surface area contributed by atoms with Gasteiger partial charge in [0.25, 0.3) is 0 Å². The molecule has 0 spiro atoms. The van der Waals surface area contributed by atoms with Crippen molar-refractivity contribution in [3.05, 3.63) is 0 Å². The number of ether oxygens (including phenoxy) is 1. The lowest BCUT2D eigenvalue weighted by molar-refractivity contribution is -0.0142. The van der Waals surface area contributed by atoms with E-state index in [4.69, 9.17) is 10.5 Å². The molecule has 0 unspecified atom stereocenters. The first kappa shape index (κ1) is 12.3. The summed E-state index contributed by atoms with van der Waals surface area (Å²) in [5.74, 6) is 0. The SMILES string of the molecule is COC1CCC(CN)(N2CCCCC2)CC1. The zero-order valence-electron chi connectivity index (χ0n) is 10.6. The third-order valence-electron chi connectivity index (χ3n) is 4.60. The van der Waals surface area contributed by atoms with E-state index in [1.807, 2.05) is 7.11 Å². The molecule has 0 aromatic heterocycles. The molecule has 3 nitrogen and oxygen atoms in total. The number of nitrogens with zero attached hydrogens (tertiary/aromatic N) is 1. The van der Waals surface area contributed by atoms with Crippen LogP contribution in [0.3, 0.4) is 0 Å². The maximum absolute atomic E-state index is 6.07. The highest BCUT2D eigenvalue weighted by Gasteiger charge is 2.39. The predicted molar refractivity (Wildman–Crippen MR) is 66.5 cm³/mol. The van der Waals surface area contributed by atoms with Gasteiger partial charge in [-0.2, -0.15) is 0 Å². The fraction of sp³-hybridized carbons (Fsp3) is 1.00. The van der Waals surface area contributed by atoms with E-state index in [-0.39, 0.29) is 0 Å². The molecule has 0 bridgehead atoms. The highest BCUT2D eigenvalue weighted by Crippen LogP contribution is 2.35. The Morgan fingerprint density at radius 1 is 1.19 bits per heavy atom. The lowest BCUT2D eigenvalue weighted by Gasteiger charge is -2.49. The summed E-state index contributed by atoms with van der Waals surface area (Å²) in [6, 6.07) is 0. The molecule has 2 aliphatic rings. The third kappa shape index (κ3) is 2.41. The van der Waals surface area contributed by atoms with Crippen LogP contribution in [0, 0.1) is 0 Å². The van der Waals surface area contributed by atoms with Crippen molar-refractivity contribution < 1.29 is 4.74 Å². The second kappa shape index (κ2) is 5.48. The van der Waals surface area contributed by atoms with Gasteiger partial charge in [0.15, 0.2) is 0 Å². The summed E-state index contributed by atoms with van der Waals surface area (Å²) >= 11 is 0. The number of piperidine rings is 1. The monoisotopic (exact) mass is 226 g/mol. The van der Waals surface area contributed by atoms with Crippen LogP contribution >= 0.6 is 0 Å². The van der Waals surface area contributed by atoms with Crippen molar-refractivity contribution >= 4 is 0 Å². The second-order valence-corrected chi connectivity index (χ2v) is 5.41. The number of likely N-dealkylation sites (tertiary alicyclic amines) is 1. The topological polar surface area (TPSA) is 38.5 Å². The fourth-order valence-corrected chi connectivity index (χ4v) is 3.38. The normalized spacial score (nSPS) is 37.5. The Balaban J connectivity index is 1.96. The molecule has 2 rings (SSSR count). The number of methoxy groups -OCH3 is 1. The summed E-state index contributed by atoms with van der Waals surface area (Å²) < 4.78 is 5.46. The summed E-state index contributed by atoms with van der Waals surface area (Å²) in [4.78, 5) is 2.67. The van der Waals surface area contributed by atoms with E-state index in [1.165, 1.54) is 58.0 Å². The van der Waals surface area contributed by atoms with Gasteiger partial charge in [0.2, 0.25) is 0 Å². The van der Waals surface area contributed by atoms with E-state index in [2.05, 4.69) is 4.90 Å². The predicted octanol–water partition coefficient (Wildman–Crippen LogP) is 1.76. The van der Waals surface area contributed by atoms with Crippen LogP contribution in [0.15, 0.2) is 0 Å². The van der Waals surface area contributed by atoms with Gasteiger partial charge < -0.3 is 10.5 Å². The smallest absolute Gasteiger partial charge is 0.0572 e. The molecule has 0 radical (unpaired) electrons. The first-order valence-corrected chi connectivity index (χ1v) is 6.79. The molecular formula is C13H26N2O. The molecule has 0 aromatic carbocycles. The van der Waals surface area contributed by atoms with E-state index in [0.29, 0.717) is 11.6 Å². The highest BCUT2D eigenvalue weighted by atomic mass is 16.5. The van der Waals surface area contributed by atoms with Crippen LogP contribution < -0.4 is 5.73 Å². The average molecular weight is 226 g/mol. The first-order valence-electron chi connectivity index (χ1n) is 6.79. The van der Waals surface area contributed by atoms with Crippen molar-refractivity contribution in [2.45, 2.75) is 56.6 Å². The summed E-state index contributed by atoms with van der Waals surface area (Å²) in [6.07, 6.45) is 9.41. The molecular weight excluding hydrogens is 200 g/mol. The quantitative estimate of drug-likeness (QED) is 0.797. The molecule has 1 aliphatic heterocycles. The fourth-order valence-electron chi connectivity index (χ4n) is 3.38. The minimum atomic E-state index is 0.301. The Morgan fingerprint density at radius 2 is 1.81 bits per heavy atom. The Hall–Kier alpha value is -0.120. The van der Waals surface area contributed by atoms with Gasteiger partial charge in [0.1, 0.15) is 0 Å². The van der Waals surface area contributed by atoms with Crippen molar-refractivity contribution in [2.75, 3.05) is 26.7 Å². The van der Waals surface area contributed by atoms with Crippen LogP contribution in [0.5, 0.6) is 0 Å². The zero-order chi connectivity index (χ0) is 11.4. The molecule has 0 amide bonds. The molecule has 1 saturated carbocycles. The summed E-state index contributed by atoms with van der Waals surface area (Å²) in [6.45, 7) is 3.34. The molecule has 3 heteroatoms. The second-order valence-electron chi connectivity index (χ2n) is 5.41. The van der Waals surface area contributed by atoms with Crippen molar-refractivity contribution in [3.63, 3.8) is 0 Å². The third-order valence-corrected chi connectivity index (χ3v) is 4.60. The van der Waals surface area contributed by atoms with E-state index in [0.717, 1.165) is 6.54 Å². The molecule has 94 valence electrons. The van der Waals surface area contributed by atoms with Gasteiger partial charge >= 0.3 is 0 Å². The number of hydrogen-bond donors (Lipinski definition) is 1. The highest BCUT2D eigenvalue weighted by molar-refractivity contribution is 4.97. The lowest BCUT2D eigenvalue weighted by atomic mass is 9.78. The maximum Gasteiger partial charge on any atom is 0.0572 e. The van der Waals surface area contributed by atoms with Crippen molar-refractivity contribution in [1.82, 2.24) is 4.90 Å². The summed E-state index contributed by atoms with van der Waals surface area (Å²) in [7, 11) is 1.83. The van der Waals surface area contributed by atoms with Gasteiger partial charge in [-0.05, 0) is 51.6 Å². The maximum atomic E-state index is 6.07. The summed E-state index contributed by atoms with van der Waals surface area (Å²) in [5.41, 5.74) is 6.37. The molecule has 2 N–H and O–H groups in total. The minimum absolute atomic E-state index is 0.301. The van der Waals surface area contributed by atoms with Gasteiger partial charge in [0, 0.05) is 19.2 Å². The van der Waals surface area contributed by atoms with Crippen molar-refractivity contribution in [3.8, 4) is 0 Å². The van der Waals surface area contributed by atoms with Gasteiger partial charge in [-0.15, -0.1) is 0 Å². The Bertz CT molecular complexity index is 206. The molecule has 0 atom stereocenters. The minimum Gasteiger partial charge on any atom is -0.381 e. The number of hydrogen-bond acceptors (Lipinski definition) is 3. The average Bonchev–Trinajstić information content (AvgIpc) is 2.40. The van der Waals surface area contributed by atoms with E-state index >= 15 is 0 Å². The van der Waals surface area contributed by atoms with Crippen LogP contribution in [0.4, 0.5) is 0 Å². The molecule has 16 heavy (non-hydrogen) atoms. The Labute approximate surface area is 99.3 Å². The molecule has 1 saturated heterocycles. The molecule has 1 heterocycles. The van der Waals surface area contributed by atoms with Crippen LogP contribution in [-0.4, -0.2) is 43.3 Å². The van der Waals surface area contributed by atoms with E-state index in [1.54, 1.807) is 0 Å². The summed E-state index contributed by atoms with van der Waals surface area (Å²) in [5, 5.41) is 0.